The summed E-state index contributed by atoms with van der Waals surface area (Å²) in [6.07, 6.45) is 38.0. The molecule has 0 aromatic rings. The molecule has 0 saturated heterocycles. The fourth-order valence-corrected chi connectivity index (χ4v) is 5.97. The molecule has 0 fully saturated rings. The van der Waals surface area contributed by atoms with Crippen LogP contribution in [-0.2, 0) is 23.9 Å². The first kappa shape index (κ1) is 44.1. The SMILES string of the molecule is CCCCCCCCCCCCC/C=C/[C@H](OC(C)=O)[C@@H](COC(C)=O)NC(=O)CCCCCCCCCCCCCCCCC. The van der Waals surface area contributed by atoms with Crippen molar-refractivity contribution in [2.24, 2.45) is 0 Å². The highest BCUT2D eigenvalue weighted by atomic mass is 16.6. The van der Waals surface area contributed by atoms with E-state index in [1.807, 2.05) is 12.2 Å². The summed E-state index contributed by atoms with van der Waals surface area (Å²) in [6, 6.07) is -0.606. The number of amides is 1. The fraction of sp³-hybridized carbons (Fsp3) is 0.875. The Hall–Kier alpha value is -1.85. The number of esters is 2. The van der Waals surface area contributed by atoms with Crippen molar-refractivity contribution in [3.8, 4) is 0 Å². The molecule has 0 spiro atoms. The van der Waals surface area contributed by atoms with Gasteiger partial charge in [0.25, 0.3) is 0 Å². The van der Waals surface area contributed by atoms with E-state index < -0.39 is 24.1 Å². The lowest BCUT2D eigenvalue weighted by Crippen LogP contribution is -2.47. The third-order valence-corrected chi connectivity index (χ3v) is 8.82. The minimum Gasteiger partial charge on any atom is -0.464 e. The molecule has 0 aliphatic carbocycles. The second-order valence-corrected chi connectivity index (χ2v) is 13.5. The van der Waals surface area contributed by atoms with Crippen molar-refractivity contribution in [1.82, 2.24) is 5.32 Å². The van der Waals surface area contributed by atoms with Gasteiger partial charge in [0.2, 0.25) is 5.91 Å². The van der Waals surface area contributed by atoms with E-state index in [1.54, 1.807) is 0 Å². The Labute approximate surface area is 285 Å². The van der Waals surface area contributed by atoms with Crippen molar-refractivity contribution >= 4 is 17.8 Å². The van der Waals surface area contributed by atoms with Crippen LogP contribution in [0.5, 0.6) is 0 Å². The molecule has 0 unspecified atom stereocenters. The number of rotatable bonds is 34. The molecule has 6 heteroatoms. The van der Waals surface area contributed by atoms with Gasteiger partial charge in [-0.2, -0.15) is 0 Å². The topological polar surface area (TPSA) is 81.7 Å². The summed E-state index contributed by atoms with van der Waals surface area (Å²) >= 11 is 0. The van der Waals surface area contributed by atoms with E-state index >= 15 is 0 Å². The Morgan fingerprint density at radius 1 is 0.543 bits per heavy atom. The lowest BCUT2D eigenvalue weighted by atomic mass is 10.0. The van der Waals surface area contributed by atoms with Crippen LogP contribution >= 0.6 is 0 Å². The quantitative estimate of drug-likeness (QED) is 0.0426. The first-order chi connectivity index (χ1) is 22.4. The highest BCUT2D eigenvalue weighted by Gasteiger charge is 2.25. The van der Waals surface area contributed by atoms with Crippen molar-refractivity contribution in [1.29, 1.82) is 0 Å². The van der Waals surface area contributed by atoms with E-state index in [9.17, 15) is 14.4 Å². The number of carbonyl (C=O) groups is 3. The third kappa shape index (κ3) is 32.1. The number of carbonyl (C=O) groups excluding carboxylic acids is 3. The van der Waals surface area contributed by atoms with Gasteiger partial charge >= 0.3 is 11.9 Å². The summed E-state index contributed by atoms with van der Waals surface area (Å²) in [4.78, 5) is 36.2. The second kappa shape index (κ2) is 34.5. The number of allylic oxidation sites excluding steroid dienone is 1. The maximum atomic E-state index is 12.8. The summed E-state index contributed by atoms with van der Waals surface area (Å²) in [5, 5.41) is 2.98. The van der Waals surface area contributed by atoms with Gasteiger partial charge in [-0.25, -0.2) is 0 Å². The van der Waals surface area contributed by atoms with Crippen LogP contribution in [0.25, 0.3) is 0 Å². The molecule has 0 radical (unpaired) electrons. The number of hydrogen-bond donors (Lipinski definition) is 1. The van der Waals surface area contributed by atoms with E-state index in [4.69, 9.17) is 9.47 Å². The van der Waals surface area contributed by atoms with E-state index in [-0.39, 0.29) is 12.5 Å². The van der Waals surface area contributed by atoms with Crippen molar-refractivity contribution < 1.29 is 23.9 Å². The van der Waals surface area contributed by atoms with Crippen molar-refractivity contribution in [2.75, 3.05) is 6.61 Å². The van der Waals surface area contributed by atoms with Crippen LogP contribution in [0, 0.1) is 0 Å². The second-order valence-electron chi connectivity index (χ2n) is 13.5. The molecule has 46 heavy (non-hydrogen) atoms. The van der Waals surface area contributed by atoms with E-state index in [2.05, 4.69) is 19.2 Å². The normalized spacial score (nSPS) is 12.7. The van der Waals surface area contributed by atoms with Crippen LogP contribution in [0.1, 0.15) is 207 Å². The first-order valence-corrected chi connectivity index (χ1v) is 19.7. The van der Waals surface area contributed by atoms with Crippen molar-refractivity contribution in [3.05, 3.63) is 12.2 Å². The zero-order valence-corrected chi connectivity index (χ0v) is 30.9. The van der Waals surface area contributed by atoms with Gasteiger partial charge in [-0.1, -0.05) is 174 Å². The molecule has 6 nitrogen and oxygen atoms in total. The monoisotopic (exact) mass is 650 g/mol. The highest BCUT2D eigenvalue weighted by molar-refractivity contribution is 5.76. The average Bonchev–Trinajstić information content (AvgIpc) is 3.02. The molecule has 270 valence electrons. The molecule has 0 rings (SSSR count). The molecule has 1 amide bonds. The number of nitrogens with one attached hydrogen (secondary N) is 1. The summed E-state index contributed by atoms with van der Waals surface area (Å²) in [6.45, 7) is 7.21. The molecule has 0 aromatic carbocycles. The number of hydrogen-bond acceptors (Lipinski definition) is 5. The zero-order valence-electron chi connectivity index (χ0n) is 30.9. The van der Waals surface area contributed by atoms with E-state index in [1.165, 1.54) is 155 Å². The molecular formula is C40H75NO5. The summed E-state index contributed by atoms with van der Waals surface area (Å²) in [7, 11) is 0. The third-order valence-electron chi connectivity index (χ3n) is 8.82. The number of ether oxygens (including phenoxy) is 2. The van der Waals surface area contributed by atoms with Gasteiger partial charge in [0.1, 0.15) is 18.8 Å². The molecule has 0 bridgehead atoms. The van der Waals surface area contributed by atoms with Gasteiger partial charge in [0.15, 0.2) is 0 Å². The molecule has 0 saturated carbocycles. The van der Waals surface area contributed by atoms with Gasteiger partial charge in [0.05, 0.1) is 0 Å². The maximum absolute atomic E-state index is 12.8. The molecule has 0 heterocycles. The Balaban J connectivity index is 4.28. The zero-order chi connectivity index (χ0) is 33.9. The van der Waals surface area contributed by atoms with Crippen LogP contribution in [-0.4, -0.2) is 36.6 Å². The summed E-state index contributed by atoms with van der Waals surface area (Å²) in [5.74, 6) is -0.940. The molecule has 2 atom stereocenters. The van der Waals surface area contributed by atoms with Crippen molar-refractivity contribution in [3.63, 3.8) is 0 Å². The van der Waals surface area contributed by atoms with E-state index in [0.29, 0.717) is 6.42 Å². The van der Waals surface area contributed by atoms with Crippen LogP contribution in [0.3, 0.4) is 0 Å². The molecule has 0 aliphatic rings. The van der Waals surface area contributed by atoms with E-state index in [0.717, 1.165) is 32.1 Å². The highest BCUT2D eigenvalue weighted by Crippen LogP contribution is 2.15. The average molecular weight is 650 g/mol. The minimum absolute atomic E-state index is 0.0271. The Morgan fingerprint density at radius 2 is 0.935 bits per heavy atom. The van der Waals surface area contributed by atoms with Gasteiger partial charge in [-0.05, 0) is 25.3 Å². The van der Waals surface area contributed by atoms with Crippen LogP contribution in [0.4, 0.5) is 0 Å². The smallest absolute Gasteiger partial charge is 0.303 e. The molecule has 0 aromatic heterocycles. The van der Waals surface area contributed by atoms with Gasteiger partial charge in [-0.3, -0.25) is 14.4 Å². The van der Waals surface area contributed by atoms with Crippen molar-refractivity contribution in [2.45, 2.75) is 220 Å². The lowest BCUT2D eigenvalue weighted by Gasteiger charge is -2.25. The van der Waals surface area contributed by atoms with Crippen LogP contribution in [0.2, 0.25) is 0 Å². The van der Waals surface area contributed by atoms with Gasteiger partial charge in [-0.15, -0.1) is 0 Å². The summed E-state index contributed by atoms with van der Waals surface area (Å²) in [5.41, 5.74) is 0. The predicted molar refractivity (Wildman–Crippen MR) is 194 cm³/mol. The van der Waals surface area contributed by atoms with Crippen LogP contribution in [0.15, 0.2) is 12.2 Å². The maximum Gasteiger partial charge on any atom is 0.303 e. The minimum atomic E-state index is -0.672. The van der Waals surface area contributed by atoms with Crippen LogP contribution < -0.4 is 5.32 Å². The summed E-state index contributed by atoms with van der Waals surface area (Å²) < 4.78 is 10.8. The molecule has 0 aliphatic heterocycles. The Kier molecular flexibility index (Phi) is 33.1. The largest absolute Gasteiger partial charge is 0.464 e. The predicted octanol–water partition coefficient (Wildman–Crippen LogP) is 11.5. The standard InChI is InChI=1S/C40H75NO5/c1-5-7-9-11-13-15-17-19-20-22-24-26-28-30-32-34-40(44)41-38(35-45-36(3)42)39(46-37(4)43)33-31-29-27-25-23-21-18-16-14-12-10-8-6-2/h31,33,38-39H,5-30,32,34-35H2,1-4H3,(H,41,44)/b33-31+/t38-,39+/m1/s1. The molecule has 1 N–H and O–H groups in total. The lowest BCUT2D eigenvalue weighted by molar-refractivity contribution is -0.149. The first-order valence-electron chi connectivity index (χ1n) is 19.7. The number of unbranched alkanes of at least 4 members (excludes halogenated alkanes) is 25. The Bertz CT molecular complexity index is 737. The Morgan fingerprint density at radius 3 is 1.33 bits per heavy atom. The molecular weight excluding hydrogens is 574 g/mol. The van der Waals surface area contributed by atoms with Gasteiger partial charge in [0, 0.05) is 20.3 Å². The fourth-order valence-electron chi connectivity index (χ4n) is 5.97. The van der Waals surface area contributed by atoms with Gasteiger partial charge < -0.3 is 14.8 Å².